The van der Waals surface area contributed by atoms with Crippen LogP contribution in [0, 0.1) is 0 Å². The van der Waals surface area contributed by atoms with Gasteiger partial charge in [0.05, 0.1) is 30.5 Å². The Bertz CT molecular complexity index is 1450. The summed E-state index contributed by atoms with van der Waals surface area (Å²) in [5.41, 5.74) is 4.97. The quantitative estimate of drug-likeness (QED) is 0.354. The van der Waals surface area contributed by atoms with Gasteiger partial charge in [0.2, 0.25) is 0 Å². The van der Waals surface area contributed by atoms with E-state index in [1.807, 2.05) is 41.1 Å². The highest BCUT2D eigenvalue weighted by atomic mass is 32.1. The first-order valence-corrected chi connectivity index (χ1v) is 13.0. The summed E-state index contributed by atoms with van der Waals surface area (Å²) in [5, 5.41) is 13.7. The van der Waals surface area contributed by atoms with Gasteiger partial charge in [-0.05, 0) is 78.9 Å². The van der Waals surface area contributed by atoms with Gasteiger partial charge in [0.25, 0.3) is 0 Å². The minimum absolute atomic E-state index is 0.209. The topological polar surface area (TPSA) is 82.9 Å². The number of carboxylic acids is 1. The minimum Gasteiger partial charge on any atom is -0.478 e. The van der Waals surface area contributed by atoms with Gasteiger partial charge in [0.15, 0.2) is 5.11 Å². The molecule has 4 heterocycles. The molecule has 38 heavy (non-hydrogen) atoms. The van der Waals surface area contributed by atoms with Crippen LogP contribution in [0.2, 0.25) is 0 Å². The number of nitrogens with zero attached hydrogens (tertiary/aromatic N) is 4. The summed E-state index contributed by atoms with van der Waals surface area (Å²) in [4.78, 5) is 20.8. The molecule has 2 fully saturated rings. The van der Waals surface area contributed by atoms with Crippen LogP contribution >= 0.6 is 12.2 Å². The molecule has 4 aromatic rings. The Hall–Kier alpha value is -4.21. The number of morpholine rings is 1. The van der Waals surface area contributed by atoms with Crippen molar-refractivity contribution in [3.63, 3.8) is 0 Å². The summed E-state index contributed by atoms with van der Waals surface area (Å²) in [7, 11) is 0. The Kier molecular flexibility index (Phi) is 6.53. The highest BCUT2D eigenvalue weighted by Gasteiger charge is 2.42. The molecular formula is C29H27N5O3S. The molecule has 2 aromatic carbocycles. The van der Waals surface area contributed by atoms with E-state index in [4.69, 9.17) is 17.0 Å². The van der Waals surface area contributed by atoms with E-state index in [0.717, 1.165) is 54.8 Å². The van der Waals surface area contributed by atoms with Crippen molar-refractivity contribution in [3.8, 4) is 5.69 Å². The predicted octanol–water partition coefficient (Wildman–Crippen LogP) is 4.58. The van der Waals surface area contributed by atoms with E-state index in [2.05, 4.69) is 50.4 Å². The molecule has 2 aliphatic rings. The maximum atomic E-state index is 11.7. The van der Waals surface area contributed by atoms with Crippen molar-refractivity contribution in [2.75, 3.05) is 36.1 Å². The molecule has 2 N–H and O–H groups in total. The smallest absolute Gasteiger partial charge is 0.335 e. The van der Waals surface area contributed by atoms with Crippen molar-refractivity contribution in [3.05, 3.63) is 108 Å². The molecule has 2 aliphatic heterocycles. The lowest BCUT2D eigenvalue weighted by atomic mass is 10.0. The van der Waals surface area contributed by atoms with E-state index < -0.39 is 5.97 Å². The monoisotopic (exact) mass is 525 g/mol. The molecule has 0 bridgehead atoms. The van der Waals surface area contributed by atoms with Crippen LogP contribution in [0.1, 0.15) is 33.8 Å². The molecule has 0 radical (unpaired) electrons. The molecule has 2 saturated heterocycles. The average molecular weight is 526 g/mol. The lowest BCUT2D eigenvalue weighted by molar-refractivity contribution is 0.0697. The zero-order valence-electron chi connectivity index (χ0n) is 20.6. The molecule has 8 nitrogen and oxygen atoms in total. The molecule has 0 spiro atoms. The lowest BCUT2D eigenvalue weighted by Gasteiger charge is -2.31. The Morgan fingerprint density at radius 1 is 0.947 bits per heavy atom. The lowest BCUT2D eigenvalue weighted by Crippen LogP contribution is -2.36. The molecule has 2 atom stereocenters. The number of carboxylic acid groups (broad SMARTS) is 1. The Morgan fingerprint density at radius 3 is 2.47 bits per heavy atom. The largest absolute Gasteiger partial charge is 0.478 e. The van der Waals surface area contributed by atoms with E-state index >= 15 is 0 Å². The number of anilines is 2. The maximum Gasteiger partial charge on any atom is 0.335 e. The summed E-state index contributed by atoms with van der Waals surface area (Å²) >= 11 is 5.90. The zero-order valence-corrected chi connectivity index (χ0v) is 21.4. The van der Waals surface area contributed by atoms with Crippen molar-refractivity contribution in [1.29, 1.82) is 0 Å². The van der Waals surface area contributed by atoms with E-state index in [9.17, 15) is 9.90 Å². The van der Waals surface area contributed by atoms with E-state index in [1.165, 1.54) is 0 Å². The van der Waals surface area contributed by atoms with Crippen molar-refractivity contribution in [2.24, 2.45) is 0 Å². The van der Waals surface area contributed by atoms with Crippen molar-refractivity contribution < 1.29 is 14.6 Å². The van der Waals surface area contributed by atoms with Crippen LogP contribution in [0.25, 0.3) is 5.69 Å². The second-order valence-electron chi connectivity index (χ2n) is 9.27. The van der Waals surface area contributed by atoms with Gasteiger partial charge >= 0.3 is 5.97 Å². The molecule has 2 unspecified atom stereocenters. The fraction of sp³-hybridized carbons (Fsp3) is 0.207. The van der Waals surface area contributed by atoms with Crippen LogP contribution in [0.3, 0.4) is 0 Å². The van der Waals surface area contributed by atoms with Crippen LogP contribution in [-0.2, 0) is 4.74 Å². The third-order valence-electron chi connectivity index (χ3n) is 7.06. The number of aromatic nitrogens is 2. The number of carbonyl (C=O) groups is 1. The van der Waals surface area contributed by atoms with Gasteiger partial charge in [-0.1, -0.05) is 12.1 Å². The second-order valence-corrected chi connectivity index (χ2v) is 9.66. The Balaban J connectivity index is 1.42. The number of nitrogens with one attached hydrogen (secondary N) is 1. The van der Waals surface area contributed by atoms with Crippen molar-refractivity contribution >= 4 is 34.7 Å². The third kappa shape index (κ3) is 4.51. The van der Waals surface area contributed by atoms with Crippen LogP contribution in [0.4, 0.5) is 11.4 Å². The van der Waals surface area contributed by atoms with Gasteiger partial charge in [-0.2, -0.15) is 0 Å². The average Bonchev–Trinajstić information content (AvgIpc) is 3.58. The zero-order chi connectivity index (χ0) is 26.1. The van der Waals surface area contributed by atoms with Crippen LogP contribution in [0.5, 0.6) is 0 Å². The van der Waals surface area contributed by atoms with Gasteiger partial charge in [-0.25, -0.2) is 4.79 Å². The van der Waals surface area contributed by atoms with E-state index in [-0.39, 0.29) is 17.6 Å². The molecule has 0 amide bonds. The molecule has 2 aromatic heterocycles. The van der Waals surface area contributed by atoms with Gasteiger partial charge in [0.1, 0.15) is 6.04 Å². The fourth-order valence-corrected chi connectivity index (χ4v) is 5.58. The number of hydrogen-bond donors (Lipinski definition) is 2. The van der Waals surface area contributed by atoms with Gasteiger partial charge in [0, 0.05) is 48.2 Å². The summed E-state index contributed by atoms with van der Waals surface area (Å²) in [6.07, 6.45) is 3.74. The number of aromatic carboxylic acids is 1. The fourth-order valence-electron chi connectivity index (χ4n) is 5.24. The Morgan fingerprint density at radius 2 is 1.74 bits per heavy atom. The second kappa shape index (κ2) is 10.3. The summed E-state index contributed by atoms with van der Waals surface area (Å²) < 4.78 is 7.53. The van der Waals surface area contributed by atoms with Gasteiger partial charge in [-0.3, -0.25) is 4.98 Å². The Labute approximate surface area is 226 Å². The summed E-state index contributed by atoms with van der Waals surface area (Å²) in [6, 6.07) is 24.9. The number of hydrogen-bond acceptors (Lipinski definition) is 5. The number of benzene rings is 2. The highest BCUT2D eigenvalue weighted by molar-refractivity contribution is 7.80. The third-order valence-corrected chi connectivity index (χ3v) is 7.37. The normalized spacial score (nSPS) is 19.4. The van der Waals surface area contributed by atoms with Crippen molar-refractivity contribution in [1.82, 2.24) is 14.9 Å². The van der Waals surface area contributed by atoms with Gasteiger partial charge < -0.3 is 29.5 Å². The molecule has 6 rings (SSSR count). The molecule has 0 aliphatic carbocycles. The number of rotatable bonds is 6. The summed E-state index contributed by atoms with van der Waals surface area (Å²) in [5.74, 6) is -0.961. The standard InChI is InChI=1S/C29H27N5O3S/c35-28(36)20-5-3-6-23(19-20)33-14-4-8-25(33)27-26(24-7-1-2-13-30-24)31-29(38)34(27)22-11-9-21(10-12-22)32-15-17-37-18-16-32/h1-14,19,26-27H,15-18H2,(H,31,38)(H,35,36). The first-order valence-electron chi connectivity index (χ1n) is 12.5. The van der Waals surface area contributed by atoms with Crippen molar-refractivity contribution in [2.45, 2.75) is 12.1 Å². The van der Waals surface area contributed by atoms with Crippen LogP contribution < -0.4 is 15.1 Å². The maximum absolute atomic E-state index is 11.7. The van der Waals surface area contributed by atoms with Gasteiger partial charge in [-0.15, -0.1) is 0 Å². The number of ether oxygens (including phenoxy) is 1. The first-order chi connectivity index (χ1) is 18.6. The summed E-state index contributed by atoms with van der Waals surface area (Å²) in [6.45, 7) is 3.21. The van der Waals surface area contributed by atoms with Crippen LogP contribution in [0.15, 0.2) is 91.3 Å². The molecular weight excluding hydrogens is 498 g/mol. The molecule has 9 heteroatoms. The van der Waals surface area contributed by atoms with E-state index in [0.29, 0.717) is 5.11 Å². The van der Waals surface area contributed by atoms with Crippen LogP contribution in [-0.4, -0.2) is 52.0 Å². The molecule has 0 saturated carbocycles. The first kappa shape index (κ1) is 24.1. The molecule has 192 valence electrons. The van der Waals surface area contributed by atoms with E-state index in [1.54, 1.807) is 24.4 Å². The highest BCUT2D eigenvalue weighted by Crippen LogP contribution is 2.42. The minimum atomic E-state index is -0.961. The number of thiocarbonyl (C=S) groups is 1. The number of pyridine rings is 1. The predicted molar refractivity (Wildman–Crippen MR) is 150 cm³/mol. The SMILES string of the molecule is O=C(O)c1cccc(-n2cccc2C2C(c3ccccn3)NC(=S)N2c2ccc(N3CCOCC3)cc2)c1.